The smallest absolute Gasteiger partial charge is 0.101 e. The number of rotatable bonds is 2. The van der Waals surface area contributed by atoms with E-state index in [1.54, 1.807) is 0 Å². The summed E-state index contributed by atoms with van der Waals surface area (Å²) in [6.45, 7) is 0. The lowest BCUT2D eigenvalue weighted by molar-refractivity contribution is 1.25. The van der Waals surface area contributed by atoms with Crippen molar-refractivity contribution in [2.45, 2.75) is 0 Å². The Morgan fingerprint density at radius 2 is 1.46 bits per heavy atom. The minimum Gasteiger partial charge on any atom is -0.361 e. The zero-order valence-electron chi connectivity index (χ0n) is 13.8. The van der Waals surface area contributed by atoms with E-state index < -0.39 is 0 Å². The maximum Gasteiger partial charge on any atom is 0.101 e. The second kappa shape index (κ2) is 6.07. The molecule has 0 spiro atoms. The maximum atomic E-state index is 4.57. The van der Waals surface area contributed by atoms with Crippen LogP contribution in [-0.2, 0) is 0 Å². The molecule has 26 heavy (non-hydrogen) atoms. The Balaban J connectivity index is 1.58. The highest BCUT2D eigenvalue weighted by Gasteiger charge is 2.23. The molecule has 0 saturated carbocycles. The Morgan fingerprint density at radius 1 is 0.808 bits per heavy atom. The van der Waals surface area contributed by atoms with Gasteiger partial charge in [0.25, 0.3) is 0 Å². The highest BCUT2D eigenvalue weighted by atomic mass is 79.9. The van der Waals surface area contributed by atoms with Crippen LogP contribution in [0.25, 0.3) is 22.0 Å². The molecule has 1 aromatic heterocycles. The van der Waals surface area contributed by atoms with E-state index in [1.807, 2.05) is 36.7 Å². The number of benzene rings is 3. The normalized spacial score (nSPS) is 12.6. The first-order valence-corrected chi connectivity index (χ1v) is 9.17. The van der Waals surface area contributed by atoms with Gasteiger partial charge in [0.2, 0.25) is 0 Å². The number of H-pyrrole nitrogens is 1. The molecule has 1 N–H and O–H groups in total. The van der Waals surface area contributed by atoms with E-state index in [9.17, 15) is 0 Å². The number of aromatic nitrogens is 1. The van der Waals surface area contributed by atoms with Gasteiger partial charge in [-0.25, -0.2) is 0 Å². The molecule has 124 valence electrons. The third-order valence-electron chi connectivity index (χ3n) is 4.68. The van der Waals surface area contributed by atoms with Crippen LogP contribution in [0.5, 0.6) is 0 Å². The van der Waals surface area contributed by atoms with Gasteiger partial charge in [-0.1, -0.05) is 64.5 Å². The van der Waals surface area contributed by atoms with Gasteiger partial charge in [0, 0.05) is 38.3 Å². The average molecular weight is 400 g/mol. The predicted octanol–water partition coefficient (Wildman–Crippen LogP) is 5.78. The van der Waals surface area contributed by atoms with E-state index in [-0.39, 0.29) is 0 Å². The van der Waals surface area contributed by atoms with Crippen LogP contribution in [0, 0.1) is 0 Å². The molecule has 5 rings (SSSR count). The molecule has 4 aromatic rings. The molecule has 1 aliphatic carbocycles. The van der Waals surface area contributed by atoms with Crippen LogP contribution in [0.2, 0.25) is 0 Å². The van der Waals surface area contributed by atoms with Gasteiger partial charge < -0.3 is 4.98 Å². The van der Waals surface area contributed by atoms with Gasteiger partial charge in [0.05, 0.1) is 6.21 Å². The fourth-order valence-corrected chi connectivity index (χ4v) is 3.83. The summed E-state index contributed by atoms with van der Waals surface area (Å²) in [5.41, 5.74) is 7.72. The van der Waals surface area contributed by atoms with Gasteiger partial charge in [0.15, 0.2) is 0 Å². The van der Waals surface area contributed by atoms with Crippen LogP contribution in [0.1, 0.15) is 16.7 Å². The highest BCUT2D eigenvalue weighted by Crippen LogP contribution is 2.36. The van der Waals surface area contributed by atoms with Crippen molar-refractivity contribution in [1.82, 2.24) is 4.98 Å². The minimum atomic E-state index is 0.925. The molecule has 0 unspecified atom stereocenters. The molecule has 3 nitrogen and oxygen atoms in total. The Hall–Kier alpha value is -2.98. The molecular weight excluding hydrogens is 386 g/mol. The Bertz CT molecular complexity index is 1150. The minimum absolute atomic E-state index is 0.925. The predicted molar refractivity (Wildman–Crippen MR) is 111 cm³/mol. The molecule has 1 aliphatic rings. The SMILES string of the molecule is Brc1ccc2[nH]cc(/C=N/N=C3c4ccccc4-c4ccccc43)c2c1. The quantitative estimate of drug-likeness (QED) is 0.288. The molecule has 0 saturated heterocycles. The van der Waals surface area contributed by atoms with Crippen molar-refractivity contribution in [2.75, 3.05) is 0 Å². The lowest BCUT2D eigenvalue weighted by Crippen LogP contribution is -1.97. The molecule has 0 radical (unpaired) electrons. The van der Waals surface area contributed by atoms with Crippen LogP contribution < -0.4 is 0 Å². The zero-order chi connectivity index (χ0) is 17.5. The second-order valence-electron chi connectivity index (χ2n) is 6.22. The Labute approximate surface area is 159 Å². The van der Waals surface area contributed by atoms with Crippen molar-refractivity contribution >= 4 is 38.8 Å². The lowest BCUT2D eigenvalue weighted by atomic mass is 10.1. The summed E-state index contributed by atoms with van der Waals surface area (Å²) in [6, 6.07) is 22.8. The summed E-state index contributed by atoms with van der Waals surface area (Å²) in [4.78, 5) is 3.26. The third kappa shape index (κ3) is 2.42. The molecule has 0 amide bonds. The van der Waals surface area contributed by atoms with E-state index >= 15 is 0 Å². The zero-order valence-corrected chi connectivity index (χ0v) is 15.4. The summed E-state index contributed by atoms with van der Waals surface area (Å²) in [5.74, 6) is 0. The first-order chi connectivity index (χ1) is 12.8. The average Bonchev–Trinajstić information content (AvgIpc) is 3.21. The van der Waals surface area contributed by atoms with E-state index in [1.165, 1.54) is 11.1 Å². The third-order valence-corrected chi connectivity index (χ3v) is 5.18. The molecular formula is C22H14BrN3. The summed E-state index contributed by atoms with van der Waals surface area (Å²) in [5, 5.41) is 10.1. The number of fused-ring (bicyclic) bond motifs is 4. The molecule has 4 heteroatoms. The summed E-state index contributed by atoms with van der Waals surface area (Å²) in [7, 11) is 0. The van der Waals surface area contributed by atoms with Crippen molar-refractivity contribution in [2.24, 2.45) is 10.2 Å². The van der Waals surface area contributed by atoms with Crippen LogP contribution >= 0.6 is 15.9 Å². The fraction of sp³-hybridized carbons (Fsp3) is 0. The molecule has 0 atom stereocenters. The lowest BCUT2D eigenvalue weighted by Gasteiger charge is -1.98. The molecule has 1 heterocycles. The molecule has 3 aromatic carbocycles. The molecule has 0 fully saturated rings. The number of hydrogen-bond donors (Lipinski definition) is 1. The second-order valence-corrected chi connectivity index (χ2v) is 7.13. The van der Waals surface area contributed by atoms with Crippen LogP contribution in [0.3, 0.4) is 0 Å². The van der Waals surface area contributed by atoms with Crippen LogP contribution in [0.4, 0.5) is 0 Å². The van der Waals surface area contributed by atoms with Crippen molar-refractivity contribution in [3.8, 4) is 11.1 Å². The number of aromatic amines is 1. The van der Waals surface area contributed by atoms with Crippen LogP contribution in [0.15, 0.2) is 87.6 Å². The van der Waals surface area contributed by atoms with Crippen molar-refractivity contribution in [1.29, 1.82) is 0 Å². The van der Waals surface area contributed by atoms with Crippen molar-refractivity contribution in [3.63, 3.8) is 0 Å². The largest absolute Gasteiger partial charge is 0.361 e. The Kier molecular flexibility index (Phi) is 3.57. The monoisotopic (exact) mass is 399 g/mol. The van der Waals surface area contributed by atoms with Gasteiger partial charge >= 0.3 is 0 Å². The van der Waals surface area contributed by atoms with E-state index in [4.69, 9.17) is 0 Å². The Morgan fingerprint density at radius 3 is 2.15 bits per heavy atom. The van der Waals surface area contributed by atoms with Crippen molar-refractivity contribution in [3.05, 3.63) is 94.1 Å². The first-order valence-electron chi connectivity index (χ1n) is 8.38. The number of hydrogen-bond acceptors (Lipinski definition) is 2. The molecule has 0 bridgehead atoms. The molecule has 0 aliphatic heterocycles. The van der Waals surface area contributed by atoms with Gasteiger partial charge in [-0.15, -0.1) is 5.10 Å². The van der Waals surface area contributed by atoms with Gasteiger partial charge in [-0.05, 0) is 29.3 Å². The number of nitrogens with zero attached hydrogens (tertiary/aromatic N) is 2. The first kappa shape index (κ1) is 15.3. The topological polar surface area (TPSA) is 40.5 Å². The standard InChI is InChI=1S/C22H14BrN3/c23-15-9-10-21-20(11-15)14(12-24-21)13-25-26-22-18-7-3-1-5-16(18)17-6-2-4-8-19(17)22/h1-13,24H/b25-13+. The van der Waals surface area contributed by atoms with Crippen LogP contribution in [-0.4, -0.2) is 16.9 Å². The van der Waals surface area contributed by atoms with E-state index in [0.717, 1.165) is 37.8 Å². The maximum absolute atomic E-state index is 4.57. The van der Waals surface area contributed by atoms with Gasteiger partial charge in [-0.2, -0.15) is 5.10 Å². The summed E-state index contributed by atoms with van der Waals surface area (Å²) >= 11 is 3.52. The van der Waals surface area contributed by atoms with E-state index in [0.29, 0.717) is 0 Å². The van der Waals surface area contributed by atoms with Gasteiger partial charge in [0.1, 0.15) is 5.71 Å². The van der Waals surface area contributed by atoms with Gasteiger partial charge in [-0.3, -0.25) is 0 Å². The highest BCUT2D eigenvalue weighted by molar-refractivity contribution is 9.10. The summed E-state index contributed by atoms with van der Waals surface area (Å²) in [6.07, 6.45) is 3.76. The number of nitrogens with one attached hydrogen (secondary N) is 1. The number of halogens is 1. The van der Waals surface area contributed by atoms with E-state index in [2.05, 4.69) is 73.6 Å². The fourth-order valence-electron chi connectivity index (χ4n) is 3.47. The van der Waals surface area contributed by atoms with Crippen molar-refractivity contribution < 1.29 is 0 Å². The summed E-state index contributed by atoms with van der Waals surface area (Å²) < 4.78 is 1.05.